The summed E-state index contributed by atoms with van der Waals surface area (Å²) in [5.41, 5.74) is 7.22. The highest BCUT2D eigenvalue weighted by Gasteiger charge is 2.44. The van der Waals surface area contributed by atoms with Crippen molar-refractivity contribution in [3.63, 3.8) is 0 Å². The molecule has 2 aromatic carbocycles. The first-order valence-corrected chi connectivity index (χ1v) is 8.92. The van der Waals surface area contributed by atoms with Gasteiger partial charge in [0.2, 0.25) is 0 Å². The van der Waals surface area contributed by atoms with Gasteiger partial charge < -0.3 is 10.1 Å². The number of ether oxygens (including phenoxy) is 1. The van der Waals surface area contributed by atoms with Crippen LogP contribution >= 0.6 is 12.4 Å². The smallest absolute Gasteiger partial charge is 0.133 e. The molecule has 0 radical (unpaired) electrons. The molecule has 1 heterocycles. The molecule has 2 aromatic rings. The van der Waals surface area contributed by atoms with Crippen LogP contribution in [-0.4, -0.2) is 19.7 Å². The van der Waals surface area contributed by atoms with Crippen LogP contribution in [0, 0.1) is 27.7 Å². The van der Waals surface area contributed by atoms with Crippen molar-refractivity contribution in [2.75, 3.05) is 13.7 Å². The van der Waals surface area contributed by atoms with E-state index in [1.165, 1.54) is 39.8 Å². The highest BCUT2D eigenvalue weighted by molar-refractivity contribution is 5.85. The lowest BCUT2D eigenvalue weighted by atomic mass is 9.77. The van der Waals surface area contributed by atoms with E-state index < -0.39 is 5.60 Å². The Morgan fingerprint density at radius 1 is 0.840 bits per heavy atom. The Balaban J connectivity index is 0.00000225. The molecular weight excluding hydrogens is 330 g/mol. The molecule has 2 nitrogen and oxygen atoms in total. The van der Waals surface area contributed by atoms with Gasteiger partial charge in [-0.2, -0.15) is 0 Å². The van der Waals surface area contributed by atoms with Crippen LogP contribution in [0.3, 0.4) is 0 Å². The average molecular weight is 360 g/mol. The Bertz CT molecular complexity index is 643. The van der Waals surface area contributed by atoms with Gasteiger partial charge in [0.1, 0.15) is 5.60 Å². The topological polar surface area (TPSA) is 21.3 Å². The third-order valence-corrected chi connectivity index (χ3v) is 5.17. The van der Waals surface area contributed by atoms with Gasteiger partial charge >= 0.3 is 0 Å². The van der Waals surface area contributed by atoms with Crippen molar-refractivity contribution >= 4 is 12.4 Å². The largest absolute Gasteiger partial charge is 0.367 e. The van der Waals surface area contributed by atoms with Crippen LogP contribution in [0.4, 0.5) is 0 Å². The number of hydrogen-bond donors (Lipinski definition) is 1. The van der Waals surface area contributed by atoms with Crippen molar-refractivity contribution < 1.29 is 4.74 Å². The molecule has 0 spiro atoms. The molecule has 0 unspecified atom stereocenters. The van der Waals surface area contributed by atoms with E-state index in [2.05, 4.69) is 69.4 Å². The van der Waals surface area contributed by atoms with E-state index in [9.17, 15) is 0 Å². The SMILES string of the molecule is COC(c1cc(C)cc(C)c1)(c1cc(C)cc(C)c1)[C@H]1CCCN1.Cl. The highest BCUT2D eigenvalue weighted by Crippen LogP contribution is 2.41. The molecule has 0 aliphatic carbocycles. The maximum absolute atomic E-state index is 6.35. The molecule has 1 atom stereocenters. The Morgan fingerprint density at radius 2 is 1.28 bits per heavy atom. The quantitative estimate of drug-likeness (QED) is 0.830. The Labute approximate surface area is 158 Å². The standard InChI is InChI=1S/C22H29NO.ClH/c1-15-9-16(2)12-19(11-15)22(24-5,21-7-6-8-23-21)20-13-17(3)10-18(4)14-20;/h9-14,21,23H,6-8H2,1-5H3;1H/t21-;/m1./s1. The molecule has 3 heteroatoms. The molecule has 0 aromatic heterocycles. The minimum atomic E-state index is -0.440. The molecule has 136 valence electrons. The maximum atomic E-state index is 6.35. The second kappa shape index (κ2) is 7.90. The Kier molecular flexibility index (Phi) is 6.31. The number of methoxy groups -OCH3 is 1. The monoisotopic (exact) mass is 359 g/mol. The van der Waals surface area contributed by atoms with Gasteiger partial charge in [0.25, 0.3) is 0 Å². The van der Waals surface area contributed by atoms with Crippen molar-refractivity contribution in [2.24, 2.45) is 0 Å². The van der Waals surface area contributed by atoms with Gasteiger partial charge in [-0.1, -0.05) is 58.7 Å². The van der Waals surface area contributed by atoms with Gasteiger partial charge in [0.05, 0.1) is 0 Å². The van der Waals surface area contributed by atoms with E-state index in [-0.39, 0.29) is 12.4 Å². The third-order valence-electron chi connectivity index (χ3n) is 5.17. The van der Waals surface area contributed by atoms with Gasteiger partial charge in [0, 0.05) is 13.2 Å². The van der Waals surface area contributed by atoms with Crippen LogP contribution < -0.4 is 5.32 Å². The number of nitrogens with one attached hydrogen (secondary N) is 1. The van der Waals surface area contributed by atoms with Crippen molar-refractivity contribution in [1.82, 2.24) is 5.32 Å². The minimum absolute atomic E-state index is 0. The van der Waals surface area contributed by atoms with Gasteiger partial charge in [-0.05, 0) is 58.2 Å². The predicted octanol–water partition coefficient (Wildman–Crippen LogP) is 4.98. The van der Waals surface area contributed by atoms with Crippen molar-refractivity contribution in [3.05, 3.63) is 69.8 Å². The normalized spacial score (nSPS) is 17.4. The average Bonchev–Trinajstić information content (AvgIpc) is 3.01. The highest BCUT2D eigenvalue weighted by atomic mass is 35.5. The van der Waals surface area contributed by atoms with Crippen molar-refractivity contribution in [3.8, 4) is 0 Å². The van der Waals surface area contributed by atoms with Gasteiger partial charge in [-0.15, -0.1) is 12.4 Å². The number of benzene rings is 2. The van der Waals surface area contributed by atoms with Gasteiger partial charge in [-0.3, -0.25) is 0 Å². The summed E-state index contributed by atoms with van der Waals surface area (Å²) in [6.07, 6.45) is 2.33. The zero-order chi connectivity index (χ0) is 17.3. The summed E-state index contributed by atoms with van der Waals surface area (Å²) in [7, 11) is 1.86. The van der Waals surface area contributed by atoms with E-state index in [4.69, 9.17) is 4.74 Å². The molecule has 3 rings (SSSR count). The van der Waals surface area contributed by atoms with E-state index in [1.54, 1.807) is 0 Å². The lowest BCUT2D eigenvalue weighted by Crippen LogP contribution is -2.48. The number of aryl methyl sites for hydroxylation is 4. The Hall–Kier alpha value is -1.35. The summed E-state index contributed by atoms with van der Waals surface area (Å²) in [5, 5.41) is 3.70. The molecule has 1 aliphatic heterocycles. The molecule has 1 N–H and O–H groups in total. The maximum Gasteiger partial charge on any atom is 0.133 e. The minimum Gasteiger partial charge on any atom is -0.367 e. The molecule has 1 aliphatic rings. The summed E-state index contributed by atoms with van der Waals surface area (Å²) in [6, 6.07) is 13.9. The zero-order valence-electron chi connectivity index (χ0n) is 16.0. The fourth-order valence-electron chi connectivity index (χ4n) is 4.36. The molecule has 1 saturated heterocycles. The molecule has 0 saturated carbocycles. The second-order valence-electron chi connectivity index (χ2n) is 7.34. The lowest BCUT2D eigenvalue weighted by molar-refractivity contribution is -0.00643. The summed E-state index contributed by atoms with van der Waals surface area (Å²) < 4.78 is 6.35. The Morgan fingerprint density at radius 3 is 1.60 bits per heavy atom. The fourth-order valence-corrected chi connectivity index (χ4v) is 4.36. The third kappa shape index (κ3) is 3.76. The van der Waals surface area contributed by atoms with E-state index in [0.717, 1.165) is 13.0 Å². The lowest BCUT2D eigenvalue weighted by Gasteiger charge is -2.40. The zero-order valence-corrected chi connectivity index (χ0v) is 16.8. The summed E-state index contributed by atoms with van der Waals surface area (Å²) in [6.45, 7) is 9.73. The van der Waals surface area contributed by atoms with Crippen LogP contribution in [0.15, 0.2) is 36.4 Å². The second-order valence-corrected chi connectivity index (χ2v) is 7.34. The van der Waals surface area contributed by atoms with Gasteiger partial charge in [0.15, 0.2) is 0 Å². The first-order valence-electron chi connectivity index (χ1n) is 8.92. The van der Waals surface area contributed by atoms with E-state index in [1.807, 2.05) is 7.11 Å². The van der Waals surface area contributed by atoms with Crippen LogP contribution in [0.2, 0.25) is 0 Å². The fraction of sp³-hybridized carbons (Fsp3) is 0.455. The number of halogens is 1. The van der Waals surface area contributed by atoms with Gasteiger partial charge in [-0.25, -0.2) is 0 Å². The van der Waals surface area contributed by atoms with E-state index in [0.29, 0.717) is 6.04 Å². The summed E-state index contributed by atoms with van der Waals surface area (Å²) in [4.78, 5) is 0. The molecule has 0 bridgehead atoms. The predicted molar refractivity (Wildman–Crippen MR) is 108 cm³/mol. The summed E-state index contributed by atoms with van der Waals surface area (Å²) in [5.74, 6) is 0. The first-order chi connectivity index (χ1) is 11.5. The molecule has 0 amide bonds. The van der Waals surface area contributed by atoms with Crippen LogP contribution in [0.1, 0.15) is 46.2 Å². The first kappa shape index (κ1) is 20.0. The van der Waals surface area contributed by atoms with Crippen molar-refractivity contribution in [1.29, 1.82) is 0 Å². The van der Waals surface area contributed by atoms with Crippen molar-refractivity contribution in [2.45, 2.75) is 52.2 Å². The number of rotatable bonds is 4. The van der Waals surface area contributed by atoms with Crippen LogP contribution in [0.5, 0.6) is 0 Å². The molecule has 1 fully saturated rings. The number of hydrogen-bond acceptors (Lipinski definition) is 2. The van der Waals surface area contributed by atoms with E-state index >= 15 is 0 Å². The van der Waals surface area contributed by atoms with Crippen LogP contribution in [-0.2, 0) is 10.3 Å². The van der Waals surface area contributed by atoms with Crippen LogP contribution in [0.25, 0.3) is 0 Å². The molecule has 25 heavy (non-hydrogen) atoms. The molecular formula is C22H30ClNO. The summed E-state index contributed by atoms with van der Waals surface area (Å²) >= 11 is 0.